The van der Waals surface area contributed by atoms with E-state index in [0.717, 1.165) is 19.0 Å². The molecule has 1 aromatic rings. The van der Waals surface area contributed by atoms with Crippen LogP contribution in [0.5, 0.6) is 0 Å². The Morgan fingerprint density at radius 1 is 1.29 bits per heavy atom. The largest absolute Gasteiger partial charge is 0.368 e. The third kappa shape index (κ3) is 2.81. The van der Waals surface area contributed by atoms with Crippen LogP contribution in [0.25, 0.3) is 0 Å². The van der Waals surface area contributed by atoms with Gasteiger partial charge in [0.2, 0.25) is 0 Å². The van der Waals surface area contributed by atoms with E-state index < -0.39 is 0 Å². The van der Waals surface area contributed by atoms with Gasteiger partial charge < -0.3 is 10.6 Å². The highest BCUT2D eigenvalue weighted by molar-refractivity contribution is 5.56. The first-order chi connectivity index (χ1) is 8.27. The van der Waals surface area contributed by atoms with Gasteiger partial charge in [0.15, 0.2) is 0 Å². The van der Waals surface area contributed by atoms with E-state index in [0.29, 0.717) is 0 Å². The summed E-state index contributed by atoms with van der Waals surface area (Å²) in [5, 5.41) is 0. The summed E-state index contributed by atoms with van der Waals surface area (Å²) in [6.45, 7) is 5.55. The molecule has 0 aliphatic heterocycles. The number of rotatable bonds is 6. The lowest BCUT2D eigenvalue weighted by molar-refractivity contribution is 0.683. The van der Waals surface area contributed by atoms with E-state index in [-0.39, 0.29) is 6.04 Å². The molecule has 2 N–H and O–H groups in total. The average molecular weight is 232 g/mol. The highest BCUT2D eigenvalue weighted by Crippen LogP contribution is 2.35. The SMILES string of the molecule is CCCN(c1ccccc1[C@H](N)CC)C1CC1. The number of anilines is 1. The van der Waals surface area contributed by atoms with Gasteiger partial charge in [-0.2, -0.15) is 0 Å². The van der Waals surface area contributed by atoms with Crippen molar-refractivity contribution in [2.24, 2.45) is 5.73 Å². The molecular weight excluding hydrogens is 208 g/mol. The van der Waals surface area contributed by atoms with Gasteiger partial charge in [-0.25, -0.2) is 0 Å². The average Bonchev–Trinajstić information content (AvgIpc) is 3.19. The second kappa shape index (κ2) is 5.54. The Labute approximate surface area is 105 Å². The topological polar surface area (TPSA) is 29.3 Å². The molecule has 1 aliphatic carbocycles. The standard InChI is InChI=1S/C15H24N2/c1-3-11-17(12-9-10-12)15-8-6-5-7-13(15)14(16)4-2/h5-8,12,14H,3-4,9-11,16H2,1-2H3/t14-/m1/s1. The number of para-hydroxylation sites is 1. The van der Waals surface area contributed by atoms with Gasteiger partial charge >= 0.3 is 0 Å². The van der Waals surface area contributed by atoms with E-state index in [1.54, 1.807) is 0 Å². The minimum atomic E-state index is 0.171. The van der Waals surface area contributed by atoms with E-state index in [9.17, 15) is 0 Å². The van der Waals surface area contributed by atoms with Crippen molar-refractivity contribution in [2.45, 2.75) is 51.6 Å². The lowest BCUT2D eigenvalue weighted by atomic mass is 10.0. The van der Waals surface area contributed by atoms with Crippen LogP contribution < -0.4 is 10.6 Å². The third-order valence-electron chi connectivity index (χ3n) is 3.54. The minimum Gasteiger partial charge on any atom is -0.368 e. The molecule has 1 atom stereocenters. The smallest absolute Gasteiger partial charge is 0.0417 e. The van der Waals surface area contributed by atoms with Gasteiger partial charge in [-0.05, 0) is 37.3 Å². The fraction of sp³-hybridized carbons (Fsp3) is 0.600. The molecule has 0 aromatic heterocycles. The Hall–Kier alpha value is -1.02. The van der Waals surface area contributed by atoms with Crippen molar-refractivity contribution in [1.29, 1.82) is 0 Å². The van der Waals surface area contributed by atoms with Gasteiger partial charge in [-0.3, -0.25) is 0 Å². The van der Waals surface area contributed by atoms with E-state index in [1.165, 1.54) is 30.5 Å². The summed E-state index contributed by atoms with van der Waals surface area (Å²) in [5.41, 5.74) is 8.90. The molecule has 0 unspecified atom stereocenters. The van der Waals surface area contributed by atoms with Crippen molar-refractivity contribution in [3.8, 4) is 0 Å². The Morgan fingerprint density at radius 3 is 2.59 bits per heavy atom. The van der Waals surface area contributed by atoms with Gasteiger partial charge in [-0.15, -0.1) is 0 Å². The van der Waals surface area contributed by atoms with Crippen molar-refractivity contribution < 1.29 is 0 Å². The summed E-state index contributed by atoms with van der Waals surface area (Å²) in [6.07, 6.45) is 4.89. The van der Waals surface area contributed by atoms with E-state index in [2.05, 4.69) is 43.0 Å². The Balaban J connectivity index is 2.28. The highest BCUT2D eigenvalue weighted by Gasteiger charge is 2.30. The van der Waals surface area contributed by atoms with Gasteiger partial charge in [0.05, 0.1) is 0 Å². The Kier molecular flexibility index (Phi) is 4.06. The molecule has 2 rings (SSSR count). The maximum atomic E-state index is 6.22. The summed E-state index contributed by atoms with van der Waals surface area (Å²) in [4.78, 5) is 2.56. The fourth-order valence-corrected chi connectivity index (χ4v) is 2.41. The molecule has 2 nitrogen and oxygen atoms in total. The first-order valence-corrected chi connectivity index (χ1v) is 6.89. The number of nitrogens with zero attached hydrogens (tertiary/aromatic N) is 1. The molecule has 0 heterocycles. The summed E-state index contributed by atoms with van der Waals surface area (Å²) >= 11 is 0. The van der Waals surface area contributed by atoms with Crippen LogP contribution in [0.2, 0.25) is 0 Å². The van der Waals surface area contributed by atoms with Gasteiger partial charge in [0, 0.05) is 24.3 Å². The van der Waals surface area contributed by atoms with E-state index in [4.69, 9.17) is 5.73 Å². The van der Waals surface area contributed by atoms with Crippen molar-refractivity contribution in [2.75, 3.05) is 11.4 Å². The maximum Gasteiger partial charge on any atom is 0.0417 e. The van der Waals surface area contributed by atoms with Crippen LogP contribution >= 0.6 is 0 Å². The molecule has 94 valence electrons. The van der Waals surface area contributed by atoms with Crippen LogP contribution in [0.4, 0.5) is 5.69 Å². The van der Waals surface area contributed by atoms with Crippen molar-refractivity contribution >= 4 is 5.69 Å². The zero-order valence-electron chi connectivity index (χ0n) is 11.0. The number of hydrogen-bond donors (Lipinski definition) is 1. The van der Waals surface area contributed by atoms with Crippen molar-refractivity contribution in [1.82, 2.24) is 0 Å². The fourth-order valence-electron chi connectivity index (χ4n) is 2.41. The van der Waals surface area contributed by atoms with Crippen LogP contribution in [0.3, 0.4) is 0 Å². The van der Waals surface area contributed by atoms with Crippen LogP contribution in [0.1, 0.15) is 51.1 Å². The molecule has 1 aliphatic rings. The number of hydrogen-bond acceptors (Lipinski definition) is 2. The highest BCUT2D eigenvalue weighted by atomic mass is 15.2. The van der Waals surface area contributed by atoms with Crippen molar-refractivity contribution in [3.05, 3.63) is 29.8 Å². The predicted molar refractivity (Wildman–Crippen MR) is 74.3 cm³/mol. The molecular formula is C15H24N2. The van der Waals surface area contributed by atoms with Crippen LogP contribution in [0.15, 0.2) is 24.3 Å². The molecule has 0 radical (unpaired) electrons. The molecule has 1 saturated carbocycles. The lowest BCUT2D eigenvalue weighted by Gasteiger charge is -2.28. The zero-order valence-corrected chi connectivity index (χ0v) is 11.0. The maximum absolute atomic E-state index is 6.22. The summed E-state index contributed by atoms with van der Waals surface area (Å²) < 4.78 is 0. The molecule has 0 spiro atoms. The molecule has 0 bridgehead atoms. The second-order valence-corrected chi connectivity index (χ2v) is 5.00. The monoisotopic (exact) mass is 232 g/mol. The summed E-state index contributed by atoms with van der Waals surface area (Å²) in [5.74, 6) is 0. The van der Waals surface area contributed by atoms with Crippen LogP contribution in [0, 0.1) is 0 Å². The molecule has 2 heteroatoms. The lowest BCUT2D eigenvalue weighted by Crippen LogP contribution is -2.28. The molecule has 17 heavy (non-hydrogen) atoms. The van der Waals surface area contributed by atoms with Gasteiger partial charge in [0.25, 0.3) is 0 Å². The van der Waals surface area contributed by atoms with Crippen LogP contribution in [-0.2, 0) is 0 Å². The molecule has 0 amide bonds. The second-order valence-electron chi connectivity index (χ2n) is 5.00. The van der Waals surface area contributed by atoms with Crippen molar-refractivity contribution in [3.63, 3.8) is 0 Å². The van der Waals surface area contributed by atoms with Gasteiger partial charge in [0.1, 0.15) is 0 Å². The first kappa shape index (κ1) is 12.4. The quantitative estimate of drug-likeness (QED) is 0.813. The molecule has 0 saturated heterocycles. The number of nitrogens with two attached hydrogens (primary N) is 1. The summed E-state index contributed by atoms with van der Waals surface area (Å²) in [6, 6.07) is 9.59. The zero-order chi connectivity index (χ0) is 12.3. The Morgan fingerprint density at radius 2 is 2.00 bits per heavy atom. The number of benzene rings is 1. The first-order valence-electron chi connectivity index (χ1n) is 6.89. The molecule has 1 fully saturated rings. The van der Waals surface area contributed by atoms with Crippen LogP contribution in [-0.4, -0.2) is 12.6 Å². The molecule has 1 aromatic carbocycles. The summed E-state index contributed by atoms with van der Waals surface area (Å²) in [7, 11) is 0. The van der Waals surface area contributed by atoms with Gasteiger partial charge in [-0.1, -0.05) is 32.0 Å². The van der Waals surface area contributed by atoms with E-state index in [1.807, 2.05) is 0 Å². The van der Waals surface area contributed by atoms with E-state index >= 15 is 0 Å². The Bertz CT molecular complexity index is 358. The third-order valence-corrected chi connectivity index (χ3v) is 3.54. The normalized spacial score (nSPS) is 16.9. The minimum absolute atomic E-state index is 0.171. The predicted octanol–water partition coefficient (Wildman–Crippen LogP) is 3.48.